The van der Waals surface area contributed by atoms with Gasteiger partial charge in [-0.1, -0.05) is 89.8 Å². The Morgan fingerprint density at radius 3 is 2.07 bits per heavy atom. The topological polar surface area (TPSA) is 219 Å². The van der Waals surface area contributed by atoms with E-state index in [-0.39, 0.29) is 79.5 Å². The number of Topliss-reactive ketones (excluding diaryl/α,β-unsaturated/α-hetero) is 2. The van der Waals surface area contributed by atoms with Crippen LogP contribution >= 0.6 is 0 Å². The summed E-state index contributed by atoms with van der Waals surface area (Å²) in [6.45, 7) is 21.2. The highest BCUT2D eigenvalue weighted by atomic mass is 16.7. The van der Waals surface area contributed by atoms with E-state index in [1.165, 1.54) is 0 Å². The number of carbonyl (C=O) groups is 3. The summed E-state index contributed by atoms with van der Waals surface area (Å²) in [7, 11) is 0. The molecular weight excluding hydrogens is 873 g/mol. The zero-order valence-corrected chi connectivity index (χ0v) is 42.4. The quantitative estimate of drug-likeness (QED) is 0.0885. The summed E-state index contributed by atoms with van der Waals surface area (Å²) in [5.41, 5.74) is -1.48. The zero-order valence-electron chi connectivity index (χ0n) is 42.4. The molecule has 3 aliphatic heterocycles. The number of allylic oxidation sites excluding steroid dienone is 4. The highest BCUT2D eigenvalue weighted by Crippen LogP contribution is 2.63. The van der Waals surface area contributed by atoms with Gasteiger partial charge in [-0.05, 0) is 83.5 Å². The molecule has 21 atom stereocenters. The maximum absolute atomic E-state index is 15.6. The second-order valence-corrected chi connectivity index (χ2v) is 22.5. The van der Waals surface area contributed by atoms with E-state index in [9.17, 15) is 40.2 Å². The molecule has 1 spiro atoms. The van der Waals surface area contributed by atoms with Gasteiger partial charge < -0.3 is 54.3 Å². The fourth-order valence-corrected chi connectivity index (χ4v) is 14.3. The Bertz CT molecular complexity index is 2000. The van der Waals surface area contributed by atoms with Crippen LogP contribution in [0.1, 0.15) is 140 Å². The largest absolute Gasteiger partial charge is 0.511 e. The third-order valence-corrected chi connectivity index (χ3v) is 18.1. The van der Waals surface area contributed by atoms with E-state index >= 15 is 4.79 Å². The molecule has 0 aromatic carbocycles. The molecule has 3 heterocycles. The number of hydrogen-bond donors (Lipinski definition) is 6. The number of esters is 1. The lowest BCUT2D eigenvalue weighted by Crippen LogP contribution is -2.57. The molecule has 0 aromatic heterocycles. The minimum atomic E-state index is -1.60. The first-order valence-corrected chi connectivity index (χ1v) is 25.8. The SMILES string of the molecule is CC/C1=C\[C@H](CO)C[C@@H](C)[C@H](O[C@H]2C[C@H](O)[C@H](O[C@H]3C[C@H](O)[C@H](O)[C@@H](C)O3)[C@@H](C)O2)[C@H](C)CCC[C@]2(C)C=C(C)[C@H](C)C[C@]23OC(=O)/C(=C(/O)[C@@]2(CC)[C@H]4[C@H](C=C(C)[C@@H]12)[C@@H](O)CC(=O)[C@@H]4C)C3=O. The standard InChI is InChI=1S/C54H82O14/c1-12-35-19-34(25-55)17-28(5)47(66-42-22-40(59)48(33(10)65-42)67-41-21-39(58)46(60)32(9)64-41)26(3)15-14-16-52(11)23-29(6)30(7)24-54(52)50(62)43(51(63)68-54)49(61)53(13-2)44(35)27(4)18-36-38(57)20-37(56)31(8)45(36)53/h18-19,23,26,28,30-34,36,38-42,44-48,55,57-61H,12-17,20-22,24-25H2,1-11H3/b35-19+,49-43+/t26-,28-,30-,31+,32-,33-,34-,36-,38+,39+,40+,41+,42+,44+,45-,46-,47-,48-,52-,53-,54-/m1/s1. The van der Waals surface area contributed by atoms with Gasteiger partial charge in [-0.15, -0.1) is 0 Å². The number of ether oxygens (including phenoxy) is 5. The summed E-state index contributed by atoms with van der Waals surface area (Å²) in [6, 6.07) is 0. The van der Waals surface area contributed by atoms with E-state index in [1.54, 1.807) is 13.8 Å². The Kier molecular flexibility index (Phi) is 15.9. The highest BCUT2D eigenvalue weighted by Gasteiger charge is 2.67. The van der Waals surface area contributed by atoms with Gasteiger partial charge in [0.2, 0.25) is 5.78 Å². The zero-order chi connectivity index (χ0) is 49.9. The summed E-state index contributed by atoms with van der Waals surface area (Å²) >= 11 is 0. The van der Waals surface area contributed by atoms with Gasteiger partial charge in [-0.3, -0.25) is 9.59 Å². The van der Waals surface area contributed by atoms with Crippen LogP contribution in [0, 0.1) is 58.2 Å². The third-order valence-electron chi connectivity index (χ3n) is 18.1. The first-order valence-electron chi connectivity index (χ1n) is 25.8. The van der Waals surface area contributed by atoms with Crippen LogP contribution in [0.4, 0.5) is 0 Å². The van der Waals surface area contributed by atoms with Crippen molar-refractivity contribution in [3.8, 4) is 0 Å². The van der Waals surface area contributed by atoms with Crippen molar-refractivity contribution >= 4 is 17.5 Å². The minimum Gasteiger partial charge on any atom is -0.511 e. The van der Waals surface area contributed by atoms with Gasteiger partial charge in [0, 0.05) is 66.8 Å². The molecule has 0 amide bonds. The van der Waals surface area contributed by atoms with Crippen molar-refractivity contribution in [3.63, 3.8) is 0 Å². The normalized spacial score (nSPS) is 49.3. The average molecular weight is 955 g/mol. The summed E-state index contributed by atoms with van der Waals surface area (Å²) in [4.78, 5) is 44.1. The summed E-state index contributed by atoms with van der Waals surface area (Å²) < 4.78 is 31.9. The van der Waals surface area contributed by atoms with Crippen LogP contribution in [-0.2, 0) is 38.1 Å². The van der Waals surface area contributed by atoms with Crippen LogP contribution in [0.2, 0.25) is 0 Å². The van der Waals surface area contributed by atoms with Crippen molar-refractivity contribution in [3.05, 3.63) is 46.3 Å². The van der Waals surface area contributed by atoms with Crippen molar-refractivity contribution < 1.29 is 68.7 Å². The van der Waals surface area contributed by atoms with Gasteiger partial charge in [-0.2, -0.15) is 0 Å². The predicted octanol–water partition coefficient (Wildman–Crippen LogP) is 6.74. The van der Waals surface area contributed by atoms with Crippen molar-refractivity contribution in [2.45, 2.75) is 207 Å². The van der Waals surface area contributed by atoms with Gasteiger partial charge in [0.05, 0.1) is 36.6 Å². The molecule has 0 aromatic rings. The number of aliphatic hydroxyl groups is 6. The molecule has 1 saturated carbocycles. The fraction of sp³-hybridized carbons (Fsp3) is 0.796. The second-order valence-electron chi connectivity index (χ2n) is 22.5. The molecule has 382 valence electrons. The van der Waals surface area contributed by atoms with Crippen LogP contribution in [0.25, 0.3) is 0 Å². The van der Waals surface area contributed by atoms with Gasteiger partial charge in [0.15, 0.2) is 18.2 Å². The van der Waals surface area contributed by atoms with Crippen LogP contribution in [0.3, 0.4) is 0 Å². The van der Waals surface area contributed by atoms with Gasteiger partial charge in [0.1, 0.15) is 29.3 Å². The molecule has 14 nitrogen and oxygen atoms in total. The molecule has 0 radical (unpaired) electrons. The van der Waals surface area contributed by atoms with E-state index in [1.807, 2.05) is 54.5 Å². The van der Waals surface area contributed by atoms with Gasteiger partial charge in [0.25, 0.3) is 0 Å². The Labute approximate surface area is 403 Å². The van der Waals surface area contributed by atoms with Crippen molar-refractivity contribution in [1.29, 1.82) is 0 Å². The molecule has 14 heteroatoms. The van der Waals surface area contributed by atoms with E-state index < -0.39 is 113 Å². The second kappa shape index (κ2) is 20.4. The van der Waals surface area contributed by atoms with Crippen LogP contribution in [0.15, 0.2) is 46.3 Å². The average Bonchev–Trinajstić information content (AvgIpc) is 3.53. The molecule has 6 N–H and O–H groups in total. The number of fused-ring (bicyclic) bond motifs is 4. The van der Waals surface area contributed by atoms with Crippen molar-refractivity contribution in [1.82, 2.24) is 0 Å². The summed E-state index contributed by atoms with van der Waals surface area (Å²) in [5, 5.41) is 68.2. The molecule has 3 saturated heterocycles. The first-order chi connectivity index (χ1) is 32.0. The Morgan fingerprint density at radius 1 is 0.809 bits per heavy atom. The molecular formula is C54H82O14. The Morgan fingerprint density at radius 2 is 1.46 bits per heavy atom. The molecule has 2 bridgehead atoms. The minimum absolute atomic E-state index is 0.0355. The van der Waals surface area contributed by atoms with Crippen molar-refractivity contribution in [2.24, 2.45) is 58.2 Å². The maximum Gasteiger partial charge on any atom is 0.346 e. The van der Waals surface area contributed by atoms with Crippen LogP contribution in [-0.4, -0.2) is 122 Å². The highest BCUT2D eigenvalue weighted by molar-refractivity contribution is 6.26. The van der Waals surface area contributed by atoms with Crippen LogP contribution in [0.5, 0.6) is 0 Å². The Hall–Kier alpha value is -2.79. The summed E-state index contributed by atoms with van der Waals surface area (Å²) in [6.07, 6.45) is 1.28. The summed E-state index contributed by atoms with van der Waals surface area (Å²) in [5.74, 6) is -5.08. The molecule has 4 fully saturated rings. The van der Waals surface area contributed by atoms with E-state index in [4.69, 9.17) is 23.7 Å². The molecule has 7 aliphatic rings. The molecule has 0 unspecified atom stereocenters. The van der Waals surface area contributed by atoms with Crippen molar-refractivity contribution in [2.75, 3.05) is 6.61 Å². The number of ketones is 2. The van der Waals surface area contributed by atoms with E-state index in [2.05, 4.69) is 26.0 Å². The first kappa shape index (κ1) is 53.0. The fourth-order valence-electron chi connectivity index (χ4n) is 14.3. The van der Waals surface area contributed by atoms with E-state index in [0.29, 0.717) is 32.1 Å². The lowest BCUT2D eigenvalue weighted by Gasteiger charge is -2.56. The number of hydrogen-bond acceptors (Lipinski definition) is 14. The van der Waals surface area contributed by atoms with Gasteiger partial charge >= 0.3 is 5.97 Å². The maximum atomic E-state index is 15.6. The van der Waals surface area contributed by atoms with E-state index in [0.717, 1.165) is 16.7 Å². The monoisotopic (exact) mass is 955 g/mol. The smallest absolute Gasteiger partial charge is 0.346 e. The molecule has 68 heavy (non-hydrogen) atoms. The predicted molar refractivity (Wildman–Crippen MR) is 252 cm³/mol. The number of carbonyl (C=O) groups excluding carboxylic acids is 3. The third kappa shape index (κ3) is 9.18. The van der Waals surface area contributed by atoms with Gasteiger partial charge in [-0.25, -0.2) is 4.79 Å². The number of rotatable bonds is 7. The Balaban J connectivity index is 1.31. The molecule has 4 aliphatic carbocycles. The number of aliphatic hydroxyl groups excluding tert-OH is 6. The molecule has 7 rings (SSSR count). The lowest BCUT2D eigenvalue weighted by atomic mass is 9.47. The lowest BCUT2D eigenvalue weighted by molar-refractivity contribution is -0.319. The van der Waals surface area contributed by atoms with Crippen LogP contribution < -0.4 is 0 Å².